The van der Waals surface area contributed by atoms with E-state index in [2.05, 4.69) is 0 Å². The van der Waals surface area contributed by atoms with Crippen molar-refractivity contribution in [3.63, 3.8) is 0 Å². The molecule has 0 bridgehead atoms. The lowest BCUT2D eigenvalue weighted by atomic mass is 10.1. The molecule has 5 nitrogen and oxygen atoms in total. The third kappa shape index (κ3) is 4.56. The molecule has 2 aromatic heterocycles. The highest BCUT2D eigenvalue weighted by Crippen LogP contribution is 2.30. The van der Waals surface area contributed by atoms with E-state index in [0.29, 0.717) is 35.1 Å². The van der Waals surface area contributed by atoms with Crippen molar-refractivity contribution < 1.29 is 9.53 Å². The van der Waals surface area contributed by atoms with Gasteiger partial charge in [0.15, 0.2) is 5.65 Å². The van der Waals surface area contributed by atoms with Gasteiger partial charge in [0.05, 0.1) is 11.4 Å². The minimum Gasteiger partial charge on any atom is -0.407 e. The highest BCUT2D eigenvalue weighted by molar-refractivity contribution is 6.31. The topological polar surface area (TPSA) is 56.5 Å². The molecule has 0 spiro atoms. The van der Waals surface area contributed by atoms with E-state index in [-0.39, 0.29) is 0 Å². The van der Waals surface area contributed by atoms with Crippen LogP contribution in [-0.2, 0) is 17.6 Å². The highest BCUT2D eigenvalue weighted by atomic mass is 35.5. The van der Waals surface area contributed by atoms with Crippen molar-refractivity contribution in [2.24, 2.45) is 0 Å². The number of ether oxygens (including phenoxy) is 1. The fourth-order valence-corrected chi connectivity index (χ4v) is 4.17. The number of imidazole rings is 1. The number of hydrogen-bond acceptors (Lipinski definition) is 4. The molecule has 0 amide bonds. The van der Waals surface area contributed by atoms with E-state index < -0.39 is 5.97 Å². The number of carbonyl (C=O) groups excluding carboxylic acids is 1. The smallest absolute Gasteiger partial charge is 0.309 e. The molecule has 34 heavy (non-hydrogen) atoms. The maximum Gasteiger partial charge on any atom is 0.309 e. The Bertz CT molecular complexity index is 1460. The number of nitrogens with zero attached hydrogens (tertiary/aromatic N) is 3. The van der Waals surface area contributed by atoms with E-state index in [9.17, 15) is 4.79 Å². The average molecular weight is 468 g/mol. The monoisotopic (exact) mass is 467 g/mol. The summed E-state index contributed by atoms with van der Waals surface area (Å²) >= 11 is 6.47. The van der Waals surface area contributed by atoms with E-state index >= 15 is 0 Å². The van der Waals surface area contributed by atoms with Gasteiger partial charge in [-0.25, -0.2) is 9.97 Å². The van der Waals surface area contributed by atoms with E-state index in [1.807, 2.05) is 95.5 Å². The predicted octanol–water partition coefficient (Wildman–Crippen LogP) is 6.16. The lowest BCUT2D eigenvalue weighted by molar-refractivity contribution is -0.132. The van der Waals surface area contributed by atoms with Gasteiger partial charge in [-0.15, -0.1) is 0 Å². The van der Waals surface area contributed by atoms with Crippen molar-refractivity contribution in [1.82, 2.24) is 14.4 Å². The molecule has 0 aliphatic rings. The second kappa shape index (κ2) is 9.49. The minimum absolute atomic E-state index is 0.401. The second-order valence-corrected chi connectivity index (χ2v) is 8.43. The summed E-state index contributed by atoms with van der Waals surface area (Å²) < 4.78 is 7.53. The zero-order valence-electron chi connectivity index (χ0n) is 18.6. The Hall–Kier alpha value is -3.96. The summed E-state index contributed by atoms with van der Waals surface area (Å²) in [5, 5.41) is 0.670. The van der Waals surface area contributed by atoms with Crippen LogP contribution in [0.4, 0.5) is 0 Å². The van der Waals surface area contributed by atoms with Crippen LogP contribution in [0.2, 0.25) is 5.02 Å². The summed E-state index contributed by atoms with van der Waals surface area (Å²) in [5.74, 6) is 0.00758. The van der Waals surface area contributed by atoms with Crippen LogP contribution in [0.3, 0.4) is 0 Å². The van der Waals surface area contributed by atoms with Crippen molar-refractivity contribution in [3.05, 3.63) is 119 Å². The van der Waals surface area contributed by atoms with E-state index in [4.69, 9.17) is 26.3 Å². The first-order chi connectivity index (χ1) is 16.6. The van der Waals surface area contributed by atoms with Crippen LogP contribution < -0.4 is 4.74 Å². The molecule has 0 N–H and O–H groups in total. The number of hydrogen-bond donors (Lipinski definition) is 0. The maximum absolute atomic E-state index is 12.0. The zero-order chi connectivity index (χ0) is 23.5. The SMILES string of the molecule is CC(=O)Oc1c(Cc2ccccc2)nc2c(Cc3ccccc3Cl)nc(-c3ccccc3)cn12. The molecular weight excluding hydrogens is 446 g/mol. The molecule has 0 unspecified atom stereocenters. The molecule has 2 heterocycles. The Morgan fingerprint density at radius 3 is 2.24 bits per heavy atom. The van der Waals surface area contributed by atoms with Gasteiger partial charge < -0.3 is 4.74 Å². The Morgan fingerprint density at radius 1 is 0.853 bits per heavy atom. The van der Waals surface area contributed by atoms with Crippen molar-refractivity contribution in [2.75, 3.05) is 0 Å². The third-order valence-electron chi connectivity index (χ3n) is 5.54. The van der Waals surface area contributed by atoms with Gasteiger partial charge in [-0.2, -0.15) is 0 Å². The minimum atomic E-state index is -0.401. The first kappa shape index (κ1) is 21.9. The van der Waals surface area contributed by atoms with Crippen molar-refractivity contribution >= 4 is 23.2 Å². The quantitative estimate of drug-likeness (QED) is 0.281. The maximum atomic E-state index is 12.0. The van der Waals surface area contributed by atoms with Gasteiger partial charge in [0, 0.05) is 36.5 Å². The molecule has 0 fully saturated rings. The molecule has 0 radical (unpaired) electrons. The number of aromatic nitrogens is 3. The fourth-order valence-electron chi connectivity index (χ4n) is 3.97. The van der Waals surface area contributed by atoms with Crippen LogP contribution >= 0.6 is 11.6 Å². The van der Waals surface area contributed by atoms with Crippen LogP contribution in [0.15, 0.2) is 91.1 Å². The van der Waals surface area contributed by atoms with Crippen LogP contribution in [0.25, 0.3) is 16.9 Å². The number of halogens is 1. The Kier molecular flexibility index (Phi) is 6.11. The molecular formula is C28H22ClN3O2. The van der Waals surface area contributed by atoms with E-state index in [0.717, 1.165) is 28.1 Å². The van der Waals surface area contributed by atoms with Crippen LogP contribution in [-0.4, -0.2) is 20.3 Å². The standard InChI is InChI=1S/C28H22ClN3O2/c1-19(33)34-28-25(16-20-10-4-2-5-11-20)31-27-24(17-22-14-8-9-15-23(22)29)30-26(18-32(27)28)21-12-6-3-7-13-21/h2-15,18H,16-17H2,1H3. The lowest BCUT2D eigenvalue weighted by Gasteiger charge is -2.10. The van der Waals surface area contributed by atoms with Gasteiger partial charge in [0.25, 0.3) is 0 Å². The molecule has 3 aromatic carbocycles. The van der Waals surface area contributed by atoms with Crippen molar-refractivity contribution in [2.45, 2.75) is 19.8 Å². The normalized spacial score (nSPS) is 11.0. The first-order valence-electron chi connectivity index (χ1n) is 11.0. The molecule has 5 rings (SSSR count). The molecule has 0 aliphatic carbocycles. The molecule has 0 atom stereocenters. The van der Waals surface area contributed by atoms with Gasteiger partial charge in [-0.05, 0) is 17.2 Å². The van der Waals surface area contributed by atoms with Gasteiger partial charge in [0.2, 0.25) is 5.88 Å². The lowest BCUT2D eigenvalue weighted by Crippen LogP contribution is -2.07. The molecule has 0 saturated heterocycles. The summed E-state index contributed by atoms with van der Waals surface area (Å²) in [5.41, 5.74) is 5.80. The van der Waals surface area contributed by atoms with E-state index in [1.54, 1.807) is 0 Å². The number of esters is 1. The second-order valence-electron chi connectivity index (χ2n) is 8.02. The fraction of sp³-hybridized carbons (Fsp3) is 0.107. The average Bonchev–Trinajstić information content (AvgIpc) is 3.18. The predicted molar refractivity (Wildman–Crippen MR) is 133 cm³/mol. The molecule has 168 valence electrons. The Morgan fingerprint density at radius 2 is 1.53 bits per heavy atom. The largest absolute Gasteiger partial charge is 0.407 e. The molecule has 6 heteroatoms. The summed E-state index contributed by atoms with van der Waals surface area (Å²) in [6.45, 7) is 1.40. The van der Waals surface area contributed by atoms with Gasteiger partial charge >= 0.3 is 5.97 Å². The van der Waals surface area contributed by atoms with E-state index in [1.165, 1.54) is 6.92 Å². The third-order valence-corrected chi connectivity index (χ3v) is 5.91. The Labute approximate surface area is 202 Å². The van der Waals surface area contributed by atoms with Crippen LogP contribution in [0.5, 0.6) is 5.88 Å². The summed E-state index contributed by atoms with van der Waals surface area (Å²) in [6, 6.07) is 27.6. The number of benzene rings is 3. The van der Waals surface area contributed by atoms with Crippen LogP contribution in [0.1, 0.15) is 29.4 Å². The van der Waals surface area contributed by atoms with Gasteiger partial charge in [-0.3, -0.25) is 9.20 Å². The molecule has 0 aliphatic heterocycles. The number of fused-ring (bicyclic) bond motifs is 1. The number of carbonyl (C=O) groups is 1. The Balaban J connectivity index is 1.72. The summed E-state index contributed by atoms with van der Waals surface area (Å²) in [4.78, 5) is 21.9. The number of rotatable bonds is 6. The summed E-state index contributed by atoms with van der Waals surface area (Å²) in [6.07, 6.45) is 2.89. The van der Waals surface area contributed by atoms with Crippen molar-refractivity contribution in [1.29, 1.82) is 0 Å². The zero-order valence-corrected chi connectivity index (χ0v) is 19.4. The first-order valence-corrected chi connectivity index (χ1v) is 11.4. The van der Waals surface area contributed by atoms with Crippen LogP contribution in [0, 0.1) is 0 Å². The highest BCUT2D eigenvalue weighted by Gasteiger charge is 2.21. The van der Waals surface area contributed by atoms with Crippen molar-refractivity contribution in [3.8, 4) is 17.1 Å². The summed E-state index contributed by atoms with van der Waals surface area (Å²) in [7, 11) is 0. The van der Waals surface area contributed by atoms with Gasteiger partial charge in [-0.1, -0.05) is 90.5 Å². The van der Waals surface area contributed by atoms with Gasteiger partial charge in [0.1, 0.15) is 5.69 Å². The molecule has 0 saturated carbocycles. The molecule has 5 aromatic rings.